The van der Waals surface area contributed by atoms with Crippen LogP contribution >= 0.6 is 0 Å². The Kier molecular flexibility index (Phi) is 5.05. The number of carboxylic acids is 1. The van der Waals surface area contributed by atoms with Gasteiger partial charge in [0.2, 0.25) is 0 Å². The molecule has 2 aromatic rings. The number of amidine groups is 1. The van der Waals surface area contributed by atoms with Crippen molar-refractivity contribution in [3.63, 3.8) is 0 Å². The molecule has 7 heteroatoms. The van der Waals surface area contributed by atoms with Crippen molar-refractivity contribution in [2.75, 3.05) is 13.1 Å². The number of nitrogens with zero attached hydrogens (tertiary/aromatic N) is 2. The number of rotatable bonds is 6. The van der Waals surface area contributed by atoms with Crippen molar-refractivity contribution in [2.45, 2.75) is 18.5 Å². The summed E-state index contributed by atoms with van der Waals surface area (Å²) in [6.07, 6.45) is 5.94. The van der Waals surface area contributed by atoms with Crippen LogP contribution in [0.25, 0.3) is 0 Å². The molecule has 0 bridgehead atoms. The summed E-state index contributed by atoms with van der Waals surface area (Å²) in [5, 5.41) is 16.6. The van der Waals surface area contributed by atoms with Gasteiger partial charge in [-0.15, -0.1) is 0 Å². The predicted molar refractivity (Wildman–Crippen MR) is 114 cm³/mol. The number of carbonyl (C=O) groups is 2. The fourth-order valence-corrected chi connectivity index (χ4v) is 4.02. The van der Waals surface area contributed by atoms with Crippen molar-refractivity contribution in [1.82, 2.24) is 4.90 Å². The summed E-state index contributed by atoms with van der Waals surface area (Å²) < 4.78 is 0. The van der Waals surface area contributed by atoms with Gasteiger partial charge < -0.3 is 10.8 Å². The number of hydrogen-bond donors (Lipinski definition) is 3. The molecule has 0 aromatic heterocycles. The third-order valence-electron chi connectivity index (χ3n) is 5.60. The van der Waals surface area contributed by atoms with E-state index in [1.807, 2.05) is 23.1 Å². The van der Waals surface area contributed by atoms with Crippen molar-refractivity contribution < 1.29 is 14.7 Å². The van der Waals surface area contributed by atoms with E-state index in [-0.39, 0.29) is 18.2 Å². The van der Waals surface area contributed by atoms with E-state index in [1.165, 1.54) is 5.56 Å². The molecule has 0 amide bonds. The minimum absolute atomic E-state index is 0.00566. The van der Waals surface area contributed by atoms with Gasteiger partial charge in [-0.05, 0) is 35.3 Å². The first kappa shape index (κ1) is 19.7. The molecule has 1 atom stereocenters. The molecule has 152 valence electrons. The molecule has 4 N–H and O–H groups in total. The Balaban J connectivity index is 1.69. The number of benzene rings is 2. The summed E-state index contributed by atoms with van der Waals surface area (Å²) in [5.74, 6) is -1.07. The Hall–Kier alpha value is -3.58. The van der Waals surface area contributed by atoms with Gasteiger partial charge in [0.05, 0.1) is 6.54 Å². The van der Waals surface area contributed by atoms with Gasteiger partial charge in [0.1, 0.15) is 5.84 Å². The van der Waals surface area contributed by atoms with Crippen LogP contribution in [-0.4, -0.2) is 46.9 Å². The molecule has 4 rings (SSSR count). The zero-order valence-corrected chi connectivity index (χ0v) is 16.3. The highest BCUT2D eigenvalue weighted by Crippen LogP contribution is 2.36. The van der Waals surface area contributed by atoms with Crippen LogP contribution in [0.5, 0.6) is 0 Å². The standard InChI is InChI=1S/C23H22N4O3/c24-22(25)17-4-2-16(3-5-17)21(30)23(9-1-10-26-23)19-7-6-15-8-11-27(14-20(28)29)13-18(15)12-19/h1-7,9-10,12H,8,11,13-14H2,(H3,24,25)(H,28,29). The summed E-state index contributed by atoms with van der Waals surface area (Å²) in [4.78, 5) is 31.0. The second kappa shape index (κ2) is 7.68. The van der Waals surface area contributed by atoms with Crippen molar-refractivity contribution in [3.8, 4) is 0 Å². The van der Waals surface area contributed by atoms with E-state index in [1.54, 1.807) is 42.6 Å². The van der Waals surface area contributed by atoms with Gasteiger partial charge in [-0.3, -0.25) is 24.9 Å². The molecule has 1 unspecified atom stereocenters. The zero-order chi connectivity index (χ0) is 21.3. The highest BCUT2D eigenvalue weighted by Gasteiger charge is 2.39. The SMILES string of the molecule is N=C(N)c1ccc(C(=O)C2(c3ccc4c(c3)CN(CC(=O)O)CC4)C=CC=N2)cc1. The van der Waals surface area contributed by atoms with Crippen LogP contribution < -0.4 is 5.73 Å². The quantitative estimate of drug-likeness (QED) is 0.388. The predicted octanol–water partition coefficient (Wildman–Crippen LogP) is 2.13. The molecule has 7 nitrogen and oxygen atoms in total. The van der Waals surface area contributed by atoms with E-state index in [4.69, 9.17) is 16.2 Å². The van der Waals surface area contributed by atoms with Crippen LogP contribution in [0.15, 0.2) is 59.6 Å². The minimum atomic E-state index is -1.15. The fraction of sp³-hybridized carbons (Fsp3) is 0.217. The number of aliphatic imine (C=N–C) groups is 1. The molecule has 2 aliphatic heterocycles. The molecule has 30 heavy (non-hydrogen) atoms. The van der Waals surface area contributed by atoms with E-state index >= 15 is 0 Å². The number of ketones is 1. The summed E-state index contributed by atoms with van der Waals surface area (Å²) in [6.45, 7) is 1.22. The van der Waals surface area contributed by atoms with Crippen molar-refractivity contribution in [1.29, 1.82) is 5.41 Å². The van der Waals surface area contributed by atoms with Gasteiger partial charge in [-0.25, -0.2) is 0 Å². The second-order valence-corrected chi connectivity index (χ2v) is 7.56. The Morgan fingerprint density at radius 3 is 2.50 bits per heavy atom. The third kappa shape index (κ3) is 3.55. The lowest BCUT2D eigenvalue weighted by atomic mass is 9.81. The first-order valence-corrected chi connectivity index (χ1v) is 9.68. The highest BCUT2D eigenvalue weighted by molar-refractivity contribution is 6.08. The highest BCUT2D eigenvalue weighted by atomic mass is 16.4. The normalized spacial score (nSPS) is 20.1. The summed E-state index contributed by atoms with van der Waals surface area (Å²) in [6, 6.07) is 12.5. The molecule has 0 aliphatic carbocycles. The number of hydrogen-bond acceptors (Lipinski definition) is 5. The van der Waals surface area contributed by atoms with Gasteiger partial charge in [0.25, 0.3) is 0 Å². The smallest absolute Gasteiger partial charge is 0.317 e. The number of nitrogen functional groups attached to an aromatic ring is 1. The molecule has 0 fully saturated rings. The number of carboxylic acid groups (broad SMARTS) is 1. The fourth-order valence-electron chi connectivity index (χ4n) is 4.02. The summed E-state index contributed by atoms with van der Waals surface area (Å²) in [5.41, 5.74) is 8.33. The van der Waals surface area contributed by atoms with Crippen LogP contribution in [0, 0.1) is 5.41 Å². The molecular formula is C23H22N4O3. The van der Waals surface area contributed by atoms with Crippen LogP contribution in [-0.2, 0) is 23.3 Å². The zero-order valence-electron chi connectivity index (χ0n) is 16.3. The average Bonchev–Trinajstić information content (AvgIpc) is 3.23. The topological polar surface area (TPSA) is 120 Å². The lowest BCUT2D eigenvalue weighted by molar-refractivity contribution is -0.138. The second-order valence-electron chi connectivity index (χ2n) is 7.56. The van der Waals surface area contributed by atoms with Gasteiger partial charge in [0, 0.05) is 30.4 Å². The van der Waals surface area contributed by atoms with Gasteiger partial charge >= 0.3 is 5.97 Å². The van der Waals surface area contributed by atoms with Gasteiger partial charge in [0.15, 0.2) is 11.3 Å². The summed E-state index contributed by atoms with van der Waals surface area (Å²) >= 11 is 0. The first-order chi connectivity index (χ1) is 14.4. The maximum Gasteiger partial charge on any atom is 0.317 e. The van der Waals surface area contributed by atoms with Crippen molar-refractivity contribution >= 4 is 23.8 Å². The Bertz CT molecular complexity index is 1070. The van der Waals surface area contributed by atoms with E-state index in [0.717, 1.165) is 17.5 Å². The average molecular weight is 402 g/mol. The maximum atomic E-state index is 13.5. The molecule has 2 aliphatic rings. The third-order valence-corrected chi connectivity index (χ3v) is 5.60. The molecular weight excluding hydrogens is 380 g/mol. The van der Waals surface area contributed by atoms with E-state index in [9.17, 15) is 9.59 Å². The number of carbonyl (C=O) groups excluding carboxylic acids is 1. The maximum absolute atomic E-state index is 13.5. The minimum Gasteiger partial charge on any atom is -0.480 e. The lowest BCUT2D eigenvalue weighted by Gasteiger charge is -2.30. The Morgan fingerprint density at radius 1 is 1.13 bits per heavy atom. The van der Waals surface area contributed by atoms with Gasteiger partial charge in [-0.2, -0.15) is 0 Å². The molecule has 0 saturated heterocycles. The Labute approximate surface area is 174 Å². The number of nitrogens with two attached hydrogens (primary N) is 1. The number of fused-ring (bicyclic) bond motifs is 1. The van der Waals surface area contributed by atoms with E-state index in [2.05, 4.69) is 4.99 Å². The van der Waals surface area contributed by atoms with Crippen LogP contribution in [0.1, 0.15) is 32.6 Å². The lowest BCUT2D eigenvalue weighted by Crippen LogP contribution is -2.35. The Morgan fingerprint density at radius 2 is 1.87 bits per heavy atom. The molecule has 2 aromatic carbocycles. The van der Waals surface area contributed by atoms with Crippen LogP contribution in [0.3, 0.4) is 0 Å². The largest absolute Gasteiger partial charge is 0.480 e. The number of nitrogens with one attached hydrogen (secondary N) is 1. The monoisotopic (exact) mass is 402 g/mol. The molecule has 2 heterocycles. The van der Waals surface area contributed by atoms with E-state index < -0.39 is 11.5 Å². The number of aliphatic carboxylic acids is 1. The molecule has 0 saturated carbocycles. The number of Topliss-reactive ketones (excluding diaryl/α,β-unsaturated/α-hetero) is 1. The first-order valence-electron chi connectivity index (χ1n) is 9.68. The van der Waals surface area contributed by atoms with Crippen molar-refractivity contribution in [2.24, 2.45) is 10.7 Å². The van der Waals surface area contributed by atoms with E-state index in [0.29, 0.717) is 24.2 Å². The van der Waals surface area contributed by atoms with Gasteiger partial charge in [-0.1, -0.05) is 42.5 Å². The molecule has 0 radical (unpaired) electrons. The number of allylic oxidation sites excluding steroid dienone is 1. The summed E-state index contributed by atoms with van der Waals surface area (Å²) in [7, 11) is 0. The van der Waals surface area contributed by atoms with Crippen molar-refractivity contribution in [3.05, 3.63) is 82.4 Å². The van der Waals surface area contributed by atoms with Crippen LogP contribution in [0.4, 0.5) is 0 Å². The molecule has 0 spiro atoms. The van der Waals surface area contributed by atoms with Crippen LogP contribution in [0.2, 0.25) is 0 Å².